The van der Waals surface area contributed by atoms with Crippen molar-refractivity contribution >= 4 is 32.6 Å². The van der Waals surface area contributed by atoms with Crippen LogP contribution in [0.25, 0.3) is 0 Å². The molecule has 0 aliphatic carbocycles. The van der Waals surface area contributed by atoms with E-state index in [2.05, 4.69) is 50.4 Å². The summed E-state index contributed by atoms with van der Waals surface area (Å²) in [7, 11) is 4.79. The summed E-state index contributed by atoms with van der Waals surface area (Å²) < 4.78 is 5.92. The van der Waals surface area contributed by atoms with Crippen LogP contribution in [0.15, 0.2) is 23.2 Å². The first-order valence-electron chi connectivity index (χ1n) is 10.4. The predicted octanol–water partition coefficient (Wildman–Crippen LogP) is 1.12. The molecule has 0 bridgehead atoms. The number of likely N-dealkylation sites (tertiary alicyclic amines) is 1. The molecule has 0 amide bonds. The van der Waals surface area contributed by atoms with Crippen LogP contribution in [0.1, 0.15) is 26.7 Å². The number of nitrogens with zero attached hydrogens (tertiary/aromatic N) is 4. The maximum Gasteiger partial charge on any atom is 0.309 e. The van der Waals surface area contributed by atoms with Crippen molar-refractivity contribution < 1.29 is 9.57 Å². The van der Waals surface area contributed by atoms with Crippen molar-refractivity contribution in [2.75, 3.05) is 38.3 Å². The highest BCUT2D eigenvalue weighted by molar-refractivity contribution is 7.28. The van der Waals surface area contributed by atoms with Crippen LogP contribution in [0.2, 0.25) is 0 Å². The molecule has 2 unspecified atom stereocenters. The molecule has 9 nitrogen and oxygen atoms in total. The van der Waals surface area contributed by atoms with E-state index in [1.165, 1.54) is 5.01 Å². The predicted molar refractivity (Wildman–Crippen MR) is 124 cm³/mol. The molecule has 3 rings (SSSR count). The highest BCUT2D eigenvalue weighted by atomic mass is 31.0. The van der Waals surface area contributed by atoms with Crippen LogP contribution in [0.4, 0.5) is 5.69 Å². The van der Waals surface area contributed by atoms with Gasteiger partial charge in [0.2, 0.25) is 0 Å². The Balaban J connectivity index is 1.41. The van der Waals surface area contributed by atoms with Gasteiger partial charge in [0.25, 0.3) is 0 Å². The van der Waals surface area contributed by atoms with Gasteiger partial charge in [-0.3, -0.25) is 15.3 Å². The van der Waals surface area contributed by atoms with E-state index in [-0.39, 0.29) is 6.17 Å². The number of ether oxygens (including phenoxy) is 1. The second kappa shape index (κ2) is 10.4. The Morgan fingerprint density at radius 3 is 2.77 bits per heavy atom. The van der Waals surface area contributed by atoms with Gasteiger partial charge in [0.05, 0.1) is 5.69 Å². The average Bonchev–Trinajstić information content (AvgIpc) is 3.24. The van der Waals surface area contributed by atoms with Crippen LogP contribution in [-0.4, -0.2) is 67.7 Å². The molecule has 10 heteroatoms. The summed E-state index contributed by atoms with van der Waals surface area (Å²) in [5.74, 6) is 6.96. The summed E-state index contributed by atoms with van der Waals surface area (Å²) in [6.07, 6.45) is 3.28. The second-order valence-electron chi connectivity index (χ2n) is 8.12. The van der Waals surface area contributed by atoms with Crippen molar-refractivity contribution in [2.24, 2.45) is 16.8 Å². The molecule has 1 aromatic rings. The highest BCUT2D eigenvalue weighted by Gasteiger charge is 2.29. The number of nitrogens with two attached hydrogens (primary N) is 1. The van der Waals surface area contributed by atoms with Gasteiger partial charge in [-0.1, -0.05) is 13.8 Å². The number of hydrogen-bond acceptors (Lipinski definition) is 8. The maximum absolute atomic E-state index is 7.25. The summed E-state index contributed by atoms with van der Waals surface area (Å²) in [6.45, 7) is 7.63. The van der Waals surface area contributed by atoms with Crippen molar-refractivity contribution in [1.29, 1.82) is 5.41 Å². The molecule has 1 saturated heterocycles. The third kappa shape index (κ3) is 5.60. The standard InChI is InChI=1S/C20H34N7O2P/c1-14(2)19-23-20(29-24-19)26-8-6-15(7-9-26)25(3)10-11-28-16-4-5-17(18(30)12-16)27(22)13-21/h4-5,12-15,19,21,24H,6-11,22,30H2,1-3H3. The molecule has 4 N–H and O–H groups in total. The van der Waals surface area contributed by atoms with Crippen molar-refractivity contribution in [2.45, 2.75) is 38.9 Å². The molecule has 166 valence electrons. The number of hydrazine groups is 1. The van der Waals surface area contributed by atoms with Gasteiger partial charge in [-0.15, -0.1) is 14.7 Å². The topological polar surface area (TPSA) is 102 Å². The van der Waals surface area contributed by atoms with Crippen LogP contribution >= 0.6 is 9.24 Å². The fraction of sp³-hybridized carbons (Fsp3) is 0.600. The monoisotopic (exact) mass is 435 g/mol. The normalized spacial score (nSPS) is 19.8. The SMILES string of the molecule is CC(C)C1N=C(N2CCC(N(C)CCOc3ccc(N(N)C=N)c(P)c3)CC2)ON1. The highest BCUT2D eigenvalue weighted by Crippen LogP contribution is 2.20. The minimum Gasteiger partial charge on any atom is -0.492 e. The molecule has 0 radical (unpaired) electrons. The number of hydroxylamine groups is 1. The number of hydrogen-bond donors (Lipinski definition) is 3. The molecule has 2 aliphatic heterocycles. The van der Waals surface area contributed by atoms with Crippen molar-refractivity contribution in [3.8, 4) is 5.75 Å². The molecule has 2 heterocycles. The van der Waals surface area contributed by atoms with E-state index in [0.717, 1.165) is 61.6 Å². The van der Waals surface area contributed by atoms with Crippen molar-refractivity contribution in [3.63, 3.8) is 0 Å². The van der Waals surface area contributed by atoms with Gasteiger partial charge in [0.15, 0.2) is 0 Å². The maximum atomic E-state index is 7.25. The molecule has 2 aliphatic rings. The zero-order valence-electron chi connectivity index (χ0n) is 18.0. The average molecular weight is 436 g/mol. The van der Waals surface area contributed by atoms with Crippen molar-refractivity contribution in [3.05, 3.63) is 18.2 Å². The lowest BCUT2D eigenvalue weighted by atomic mass is 10.0. The molecule has 0 spiro atoms. The smallest absolute Gasteiger partial charge is 0.309 e. The molecule has 0 saturated carbocycles. The van der Waals surface area contributed by atoms with Crippen LogP contribution in [0.3, 0.4) is 0 Å². The molecule has 0 aromatic heterocycles. The van der Waals surface area contributed by atoms with Crippen LogP contribution < -0.4 is 26.4 Å². The summed E-state index contributed by atoms with van der Waals surface area (Å²) in [4.78, 5) is 14.8. The lowest BCUT2D eigenvalue weighted by molar-refractivity contribution is 0.105. The third-order valence-corrected chi connectivity index (χ3v) is 6.10. The number of amidine groups is 1. The number of likely N-dealkylation sites (N-methyl/N-ethyl adjacent to an activating group) is 1. The summed E-state index contributed by atoms with van der Waals surface area (Å²) in [5.41, 5.74) is 3.76. The van der Waals surface area contributed by atoms with E-state index in [1.54, 1.807) is 0 Å². The number of piperidine rings is 1. The molecule has 30 heavy (non-hydrogen) atoms. The number of nitrogens with one attached hydrogen (secondary N) is 2. The summed E-state index contributed by atoms with van der Waals surface area (Å²) >= 11 is 0. The Bertz CT molecular complexity index is 753. The number of anilines is 1. The minimum atomic E-state index is 0.0478. The lowest BCUT2D eigenvalue weighted by Gasteiger charge is -2.36. The Labute approximate surface area is 181 Å². The third-order valence-electron chi connectivity index (χ3n) is 5.64. The Morgan fingerprint density at radius 2 is 2.17 bits per heavy atom. The fourth-order valence-electron chi connectivity index (χ4n) is 3.63. The van der Waals surface area contributed by atoms with E-state index in [1.807, 2.05) is 18.2 Å². The number of rotatable bonds is 8. The first-order chi connectivity index (χ1) is 14.4. The zero-order chi connectivity index (χ0) is 21.7. The van der Waals surface area contributed by atoms with E-state index >= 15 is 0 Å². The quantitative estimate of drug-likeness (QED) is 0.185. The summed E-state index contributed by atoms with van der Waals surface area (Å²) in [6, 6.07) is 6.91. The van der Waals surface area contributed by atoms with E-state index in [0.29, 0.717) is 18.6 Å². The van der Waals surface area contributed by atoms with Gasteiger partial charge >= 0.3 is 6.02 Å². The van der Waals surface area contributed by atoms with E-state index < -0.39 is 0 Å². The van der Waals surface area contributed by atoms with E-state index in [9.17, 15) is 0 Å². The second-order valence-corrected chi connectivity index (χ2v) is 8.75. The Kier molecular flexibility index (Phi) is 7.88. The summed E-state index contributed by atoms with van der Waals surface area (Å²) in [5, 5.41) is 9.41. The fourth-order valence-corrected chi connectivity index (χ4v) is 4.04. The largest absolute Gasteiger partial charge is 0.492 e. The van der Waals surface area contributed by atoms with Gasteiger partial charge in [-0.2, -0.15) is 0 Å². The van der Waals surface area contributed by atoms with Gasteiger partial charge in [-0.05, 0) is 49.3 Å². The van der Waals surface area contributed by atoms with E-state index in [4.69, 9.17) is 20.8 Å². The van der Waals surface area contributed by atoms with Crippen molar-refractivity contribution in [1.82, 2.24) is 15.3 Å². The van der Waals surface area contributed by atoms with Gasteiger partial charge in [0.1, 0.15) is 24.9 Å². The van der Waals surface area contributed by atoms with Crippen LogP contribution in [-0.2, 0) is 4.84 Å². The minimum absolute atomic E-state index is 0.0478. The lowest BCUT2D eigenvalue weighted by Crippen LogP contribution is -2.46. The molecular formula is C20H34N7O2P. The Morgan fingerprint density at radius 1 is 1.43 bits per heavy atom. The van der Waals surface area contributed by atoms with Gasteiger partial charge < -0.3 is 14.5 Å². The van der Waals surface area contributed by atoms with Gasteiger partial charge in [-0.25, -0.2) is 10.8 Å². The molecule has 1 fully saturated rings. The van der Waals surface area contributed by atoms with Crippen LogP contribution in [0, 0.1) is 11.3 Å². The molecule has 1 aromatic carbocycles. The number of aliphatic imine (C=N–C) groups is 1. The first-order valence-corrected chi connectivity index (χ1v) is 11.0. The molecular weight excluding hydrogens is 401 g/mol. The van der Waals surface area contributed by atoms with Gasteiger partial charge in [0, 0.05) is 25.7 Å². The zero-order valence-corrected chi connectivity index (χ0v) is 19.2. The number of benzene rings is 1. The molecule has 2 atom stereocenters. The first kappa shape index (κ1) is 22.7. The Hall–Kier alpha value is -1.93. The van der Waals surface area contributed by atoms with Crippen LogP contribution in [0.5, 0.6) is 5.75 Å².